The summed E-state index contributed by atoms with van der Waals surface area (Å²) in [5.74, 6) is -0.653. The van der Waals surface area contributed by atoms with Gasteiger partial charge in [0.2, 0.25) is 5.91 Å². The molecule has 31 heavy (non-hydrogen) atoms. The Morgan fingerprint density at radius 1 is 1.19 bits per heavy atom. The van der Waals surface area contributed by atoms with E-state index in [1.165, 1.54) is 17.5 Å². The Morgan fingerprint density at radius 2 is 2.03 bits per heavy atom. The number of anilines is 1. The molecular weight excluding hydrogens is 457 g/mol. The normalized spacial score (nSPS) is 10.9. The van der Waals surface area contributed by atoms with Crippen molar-refractivity contribution in [2.75, 3.05) is 11.9 Å². The molecule has 0 aliphatic carbocycles. The van der Waals surface area contributed by atoms with E-state index in [0.29, 0.717) is 27.2 Å². The zero-order valence-electron chi connectivity index (χ0n) is 16.4. The summed E-state index contributed by atoms with van der Waals surface area (Å²) in [7, 11) is 0. The Hall–Kier alpha value is -2.94. The molecule has 0 unspecified atom stereocenters. The summed E-state index contributed by atoms with van der Waals surface area (Å²) >= 11 is 13.6. The molecule has 0 fully saturated rings. The quantitative estimate of drug-likeness (QED) is 0.430. The summed E-state index contributed by atoms with van der Waals surface area (Å²) < 4.78 is 1.82. The molecule has 0 radical (unpaired) electrons. The van der Waals surface area contributed by atoms with Crippen molar-refractivity contribution in [3.05, 3.63) is 75.0 Å². The van der Waals surface area contributed by atoms with Crippen molar-refractivity contribution in [3.8, 4) is 0 Å². The van der Waals surface area contributed by atoms with Crippen LogP contribution in [-0.2, 0) is 11.3 Å². The lowest BCUT2D eigenvalue weighted by molar-refractivity contribution is -0.115. The summed E-state index contributed by atoms with van der Waals surface area (Å²) in [6, 6.07) is 10.6. The van der Waals surface area contributed by atoms with Crippen LogP contribution in [0.5, 0.6) is 0 Å². The van der Waals surface area contributed by atoms with E-state index in [4.69, 9.17) is 23.2 Å². The van der Waals surface area contributed by atoms with Gasteiger partial charge < -0.3 is 10.6 Å². The topological polar surface area (TPSA) is 88.9 Å². The van der Waals surface area contributed by atoms with Crippen LogP contribution in [0, 0.1) is 6.92 Å². The Balaban J connectivity index is 1.46. The molecule has 0 saturated heterocycles. The predicted octanol–water partition coefficient (Wildman–Crippen LogP) is 4.52. The van der Waals surface area contributed by atoms with Gasteiger partial charge in [-0.2, -0.15) is 5.10 Å². The molecule has 0 atom stereocenters. The number of hydrogen-bond acceptors (Lipinski definition) is 5. The molecule has 2 amide bonds. The molecule has 4 rings (SSSR count). The van der Waals surface area contributed by atoms with Gasteiger partial charge in [-0.15, -0.1) is 11.3 Å². The van der Waals surface area contributed by atoms with E-state index < -0.39 is 0 Å². The van der Waals surface area contributed by atoms with E-state index in [-0.39, 0.29) is 18.4 Å². The Labute approximate surface area is 192 Å². The van der Waals surface area contributed by atoms with Gasteiger partial charge in [0.15, 0.2) is 0 Å². The fourth-order valence-corrected chi connectivity index (χ4v) is 4.58. The van der Waals surface area contributed by atoms with Gasteiger partial charge in [-0.3, -0.25) is 19.3 Å². The first kappa shape index (κ1) is 21.3. The number of fused-ring (bicyclic) bond motifs is 1. The highest BCUT2D eigenvalue weighted by molar-refractivity contribution is 7.20. The molecule has 7 nitrogen and oxygen atoms in total. The summed E-state index contributed by atoms with van der Waals surface area (Å²) in [5, 5.41) is 11.9. The number of nitrogens with one attached hydrogen (secondary N) is 2. The minimum Gasteiger partial charge on any atom is -0.342 e. The van der Waals surface area contributed by atoms with E-state index in [1.807, 2.05) is 17.7 Å². The number of halogens is 2. The first-order valence-corrected chi connectivity index (χ1v) is 10.9. The molecule has 1 aromatic carbocycles. The van der Waals surface area contributed by atoms with Crippen molar-refractivity contribution < 1.29 is 9.59 Å². The molecule has 3 heterocycles. The van der Waals surface area contributed by atoms with Crippen LogP contribution in [0.1, 0.15) is 20.9 Å². The van der Waals surface area contributed by atoms with Crippen LogP contribution in [0.2, 0.25) is 10.0 Å². The van der Waals surface area contributed by atoms with Crippen molar-refractivity contribution in [1.29, 1.82) is 0 Å². The SMILES string of the molecule is Cc1nn(Cc2ccc(Cl)cc2Cl)c2sc(C(=O)NCC(=O)Nc3cccnc3)cc12. The van der Waals surface area contributed by atoms with Crippen LogP contribution in [0.4, 0.5) is 5.69 Å². The second kappa shape index (κ2) is 9.05. The molecule has 0 saturated carbocycles. The van der Waals surface area contributed by atoms with Crippen molar-refractivity contribution in [3.63, 3.8) is 0 Å². The number of carbonyl (C=O) groups excluding carboxylic acids is 2. The number of aryl methyl sites for hydroxylation is 1. The van der Waals surface area contributed by atoms with E-state index in [1.54, 1.807) is 36.5 Å². The number of pyridine rings is 1. The maximum absolute atomic E-state index is 12.6. The molecule has 3 aromatic heterocycles. The second-order valence-corrected chi connectivity index (χ2v) is 8.66. The summed E-state index contributed by atoms with van der Waals surface area (Å²) in [5.41, 5.74) is 2.26. The van der Waals surface area contributed by atoms with Gasteiger partial charge in [0.05, 0.1) is 35.5 Å². The third kappa shape index (κ3) is 4.87. The monoisotopic (exact) mass is 473 g/mol. The van der Waals surface area contributed by atoms with Crippen LogP contribution in [-0.4, -0.2) is 33.1 Å². The van der Waals surface area contributed by atoms with Crippen molar-refractivity contribution in [1.82, 2.24) is 20.1 Å². The lowest BCUT2D eigenvalue weighted by atomic mass is 10.2. The standard InChI is InChI=1S/C21H17Cl2N5O2S/c1-12-16-8-18(20(30)25-10-19(29)26-15-3-2-6-24-9-15)31-21(16)28(27-12)11-13-4-5-14(22)7-17(13)23/h2-9H,10-11H2,1H3,(H,25,30)(H,26,29). The number of aromatic nitrogens is 3. The molecule has 0 spiro atoms. The van der Waals surface area contributed by atoms with Crippen LogP contribution in [0.25, 0.3) is 10.2 Å². The third-order valence-corrected chi connectivity index (χ3v) is 6.26. The fraction of sp³-hybridized carbons (Fsp3) is 0.143. The average Bonchev–Trinajstić information content (AvgIpc) is 3.30. The molecular formula is C21H17Cl2N5O2S. The Kier molecular flexibility index (Phi) is 6.22. The van der Waals surface area contributed by atoms with Crippen molar-refractivity contribution >= 4 is 62.3 Å². The molecule has 0 aliphatic heterocycles. The number of carbonyl (C=O) groups is 2. The Morgan fingerprint density at radius 3 is 2.77 bits per heavy atom. The van der Waals surface area contributed by atoms with Gasteiger partial charge in [-0.1, -0.05) is 29.3 Å². The minimum absolute atomic E-state index is 0.145. The number of thiophene rings is 1. The number of hydrogen-bond donors (Lipinski definition) is 2. The maximum atomic E-state index is 12.6. The number of rotatable bonds is 6. The number of amides is 2. The number of nitrogens with zero attached hydrogens (tertiary/aromatic N) is 3. The van der Waals surface area contributed by atoms with Crippen molar-refractivity contribution in [2.24, 2.45) is 0 Å². The molecule has 4 aromatic rings. The van der Waals surface area contributed by atoms with Crippen molar-refractivity contribution in [2.45, 2.75) is 13.5 Å². The summed E-state index contributed by atoms with van der Waals surface area (Å²) in [6.45, 7) is 2.20. The third-order valence-electron chi connectivity index (χ3n) is 4.52. The van der Waals surface area contributed by atoms with Crippen LogP contribution in [0.3, 0.4) is 0 Å². The molecule has 0 aliphatic rings. The van der Waals surface area contributed by atoms with Gasteiger partial charge in [0.25, 0.3) is 5.91 Å². The zero-order chi connectivity index (χ0) is 22.0. The first-order valence-electron chi connectivity index (χ1n) is 9.29. The van der Waals surface area contributed by atoms with Gasteiger partial charge >= 0.3 is 0 Å². The first-order chi connectivity index (χ1) is 14.9. The van der Waals surface area contributed by atoms with Crippen LogP contribution in [0.15, 0.2) is 48.8 Å². The summed E-state index contributed by atoms with van der Waals surface area (Å²) in [6.07, 6.45) is 3.15. The van der Waals surface area contributed by atoms with E-state index in [9.17, 15) is 9.59 Å². The van der Waals surface area contributed by atoms with Gasteiger partial charge in [0.1, 0.15) is 4.83 Å². The summed E-state index contributed by atoms with van der Waals surface area (Å²) in [4.78, 5) is 29.9. The predicted molar refractivity (Wildman–Crippen MR) is 123 cm³/mol. The second-order valence-electron chi connectivity index (χ2n) is 6.78. The van der Waals surface area contributed by atoms with Crippen LogP contribution >= 0.6 is 34.5 Å². The molecule has 158 valence electrons. The number of benzene rings is 1. The maximum Gasteiger partial charge on any atom is 0.261 e. The van der Waals surface area contributed by atoms with E-state index in [0.717, 1.165) is 21.5 Å². The largest absolute Gasteiger partial charge is 0.342 e. The lowest BCUT2D eigenvalue weighted by Gasteiger charge is -2.06. The van der Waals surface area contributed by atoms with Crippen LogP contribution < -0.4 is 10.6 Å². The lowest BCUT2D eigenvalue weighted by Crippen LogP contribution is -2.32. The fourth-order valence-electron chi connectivity index (χ4n) is 3.03. The minimum atomic E-state index is -0.331. The van der Waals surface area contributed by atoms with E-state index >= 15 is 0 Å². The van der Waals surface area contributed by atoms with Gasteiger partial charge in [0, 0.05) is 21.6 Å². The van der Waals surface area contributed by atoms with E-state index in [2.05, 4.69) is 20.7 Å². The van der Waals surface area contributed by atoms with Gasteiger partial charge in [-0.25, -0.2) is 0 Å². The molecule has 2 N–H and O–H groups in total. The molecule has 10 heteroatoms. The average molecular weight is 474 g/mol. The Bertz CT molecular complexity index is 1270. The zero-order valence-corrected chi connectivity index (χ0v) is 18.7. The smallest absolute Gasteiger partial charge is 0.261 e. The van der Waals surface area contributed by atoms with Gasteiger partial charge in [-0.05, 0) is 42.8 Å². The highest BCUT2D eigenvalue weighted by Crippen LogP contribution is 2.30. The highest BCUT2D eigenvalue weighted by Gasteiger charge is 2.17. The molecule has 0 bridgehead atoms. The highest BCUT2D eigenvalue weighted by atomic mass is 35.5.